The van der Waals surface area contributed by atoms with Gasteiger partial charge in [0.05, 0.1) is 24.1 Å². The summed E-state index contributed by atoms with van der Waals surface area (Å²) < 4.78 is 21.5. The highest BCUT2D eigenvalue weighted by Gasteiger charge is 2.37. The Morgan fingerprint density at radius 2 is 1.88 bits per heavy atom. The van der Waals surface area contributed by atoms with Crippen molar-refractivity contribution in [3.8, 4) is 17.2 Å². The number of amidine groups is 3. The van der Waals surface area contributed by atoms with Gasteiger partial charge in [0.1, 0.15) is 24.8 Å². The largest absolute Gasteiger partial charge is 0.490 e. The molecule has 0 saturated carbocycles. The topological polar surface area (TPSA) is 96.6 Å². The fourth-order valence-electron chi connectivity index (χ4n) is 3.13. The Kier molecular flexibility index (Phi) is 7.36. The van der Waals surface area contributed by atoms with Crippen LogP contribution in [-0.4, -0.2) is 53.1 Å². The third kappa shape index (κ3) is 5.23. The Morgan fingerprint density at radius 1 is 1.09 bits per heavy atom. The van der Waals surface area contributed by atoms with Crippen molar-refractivity contribution in [2.75, 3.05) is 26.1 Å². The molecule has 0 aliphatic carbocycles. The van der Waals surface area contributed by atoms with Crippen LogP contribution in [0.2, 0.25) is 0 Å². The third-order valence-corrected chi connectivity index (χ3v) is 6.06. The minimum absolute atomic E-state index is 0.0550. The van der Waals surface area contributed by atoms with Crippen molar-refractivity contribution >= 4 is 51.9 Å². The molecule has 170 valence electrons. The number of carbonyl (C=O) groups excluding carboxylic acids is 1. The number of nitrogens with one attached hydrogen (secondary N) is 1. The van der Waals surface area contributed by atoms with E-state index in [-0.39, 0.29) is 11.4 Å². The van der Waals surface area contributed by atoms with Crippen LogP contribution in [0.4, 0.5) is 0 Å². The molecular formula is C23H22N4O4S2. The van der Waals surface area contributed by atoms with E-state index in [2.05, 4.69) is 9.39 Å². The molecule has 0 bridgehead atoms. The van der Waals surface area contributed by atoms with Crippen LogP contribution in [-0.2, 0) is 4.79 Å². The summed E-state index contributed by atoms with van der Waals surface area (Å²) in [4.78, 5) is 18.2. The Labute approximate surface area is 200 Å². The summed E-state index contributed by atoms with van der Waals surface area (Å²) in [7, 11) is 0. The van der Waals surface area contributed by atoms with Gasteiger partial charge in [-0.05, 0) is 49.1 Å². The maximum Gasteiger partial charge on any atom is 0.283 e. The minimum Gasteiger partial charge on any atom is -0.490 e. The second kappa shape index (κ2) is 10.6. The van der Waals surface area contributed by atoms with E-state index in [1.165, 1.54) is 11.8 Å². The van der Waals surface area contributed by atoms with E-state index >= 15 is 0 Å². The fourth-order valence-corrected chi connectivity index (χ4v) is 4.58. The predicted molar refractivity (Wildman–Crippen MR) is 134 cm³/mol. The number of fused-ring (bicyclic) bond motifs is 1. The number of para-hydroxylation sites is 1. The summed E-state index contributed by atoms with van der Waals surface area (Å²) >= 11 is 2.50. The summed E-state index contributed by atoms with van der Waals surface area (Å²) in [5.74, 6) is 1.50. The van der Waals surface area contributed by atoms with Gasteiger partial charge in [-0.25, -0.2) is 4.90 Å². The maximum absolute atomic E-state index is 12.6. The lowest BCUT2D eigenvalue weighted by molar-refractivity contribution is -0.114. The van der Waals surface area contributed by atoms with Gasteiger partial charge in [-0.3, -0.25) is 10.2 Å². The zero-order valence-electron chi connectivity index (χ0n) is 18.1. The number of benzene rings is 2. The Balaban J connectivity index is 1.49. The van der Waals surface area contributed by atoms with Crippen LogP contribution < -0.4 is 14.2 Å². The first-order chi connectivity index (χ1) is 16.1. The number of aliphatic imine (C=N–C) groups is 1. The molecule has 0 radical (unpaired) electrons. The maximum atomic E-state index is 12.6. The highest BCUT2D eigenvalue weighted by Crippen LogP contribution is 2.33. The number of hydrogen-bond acceptors (Lipinski definition) is 8. The van der Waals surface area contributed by atoms with Gasteiger partial charge >= 0.3 is 0 Å². The van der Waals surface area contributed by atoms with E-state index in [4.69, 9.17) is 19.6 Å². The van der Waals surface area contributed by atoms with E-state index in [1.807, 2.05) is 49.6 Å². The second-order valence-corrected chi connectivity index (χ2v) is 8.26. The molecule has 8 nitrogen and oxygen atoms in total. The monoisotopic (exact) mass is 482 g/mol. The van der Waals surface area contributed by atoms with E-state index < -0.39 is 5.91 Å². The van der Waals surface area contributed by atoms with E-state index in [9.17, 15) is 4.79 Å². The molecule has 33 heavy (non-hydrogen) atoms. The molecule has 2 aliphatic heterocycles. The van der Waals surface area contributed by atoms with E-state index in [0.717, 1.165) is 17.7 Å². The summed E-state index contributed by atoms with van der Waals surface area (Å²) in [5.41, 5.74) is 0.892. The summed E-state index contributed by atoms with van der Waals surface area (Å²) in [5, 5.41) is 9.56. The van der Waals surface area contributed by atoms with Gasteiger partial charge in [0, 0.05) is 0 Å². The number of carbonyl (C=O) groups is 1. The number of amides is 1. The molecular weight excluding hydrogens is 460 g/mol. The molecule has 10 heteroatoms. The van der Waals surface area contributed by atoms with Crippen molar-refractivity contribution < 1.29 is 19.0 Å². The molecule has 2 aromatic carbocycles. The lowest BCUT2D eigenvalue weighted by atomic mass is 10.1. The normalized spacial score (nSPS) is 16.4. The smallest absolute Gasteiger partial charge is 0.283 e. The minimum atomic E-state index is -0.465. The van der Waals surface area contributed by atoms with Gasteiger partial charge in [0.25, 0.3) is 5.91 Å². The lowest BCUT2D eigenvalue weighted by Crippen LogP contribution is -2.41. The van der Waals surface area contributed by atoms with Crippen LogP contribution in [0, 0.1) is 5.41 Å². The Bertz CT molecular complexity index is 1150. The first-order valence-corrected chi connectivity index (χ1v) is 12.2. The molecule has 0 saturated heterocycles. The second-order valence-electron chi connectivity index (χ2n) is 6.76. The van der Waals surface area contributed by atoms with Crippen molar-refractivity contribution in [3.63, 3.8) is 0 Å². The van der Waals surface area contributed by atoms with Crippen molar-refractivity contribution in [2.45, 2.75) is 6.92 Å². The number of nitrogens with zero attached hydrogens (tertiary/aromatic N) is 3. The highest BCUT2D eigenvalue weighted by molar-refractivity contribution is 8.18. The van der Waals surface area contributed by atoms with Crippen molar-refractivity contribution in [2.24, 2.45) is 9.39 Å². The zero-order chi connectivity index (χ0) is 23.2. The van der Waals surface area contributed by atoms with Crippen molar-refractivity contribution in [1.29, 1.82) is 5.41 Å². The summed E-state index contributed by atoms with van der Waals surface area (Å²) in [6.07, 6.45) is 3.50. The average molecular weight is 483 g/mol. The lowest BCUT2D eigenvalue weighted by Gasteiger charge is -2.23. The molecule has 1 N–H and O–H groups in total. The number of rotatable bonds is 8. The molecule has 0 unspecified atom stereocenters. The first-order valence-electron chi connectivity index (χ1n) is 10.2. The quantitative estimate of drug-likeness (QED) is 0.337. The van der Waals surface area contributed by atoms with Crippen LogP contribution >= 0.6 is 23.7 Å². The number of hydrogen-bond donors (Lipinski definition) is 1. The molecule has 1 amide bonds. The summed E-state index contributed by atoms with van der Waals surface area (Å²) in [6, 6.07) is 14.9. The molecule has 0 spiro atoms. The standard InChI is InChI=1S/C23H22N4O4S2/c1-3-29-19-14-15(9-10-18(19)31-12-11-30-16-7-5-4-6-8-16)13-17-20(24)27-22(25-21(17)28)33-26-23(27)32-2/h4-10,13-14,24H,3,11-12H2,1-2H3/b17-13-,24-20?. The first kappa shape index (κ1) is 22.9. The van der Waals surface area contributed by atoms with E-state index in [1.54, 1.807) is 23.1 Å². The van der Waals surface area contributed by atoms with Crippen LogP contribution in [0.1, 0.15) is 12.5 Å². The van der Waals surface area contributed by atoms with Crippen LogP contribution in [0.25, 0.3) is 6.08 Å². The van der Waals surface area contributed by atoms with Crippen molar-refractivity contribution in [1.82, 2.24) is 4.90 Å². The van der Waals surface area contributed by atoms with Gasteiger partial charge in [-0.15, -0.1) is 0 Å². The zero-order valence-corrected chi connectivity index (χ0v) is 19.7. The number of thioether (sulfide) groups is 1. The number of ether oxygens (including phenoxy) is 3. The molecule has 2 aliphatic rings. The average Bonchev–Trinajstić information content (AvgIpc) is 3.24. The van der Waals surface area contributed by atoms with Crippen LogP contribution in [0.15, 0.2) is 63.5 Å². The Hall–Kier alpha value is -3.24. The highest BCUT2D eigenvalue weighted by atomic mass is 32.2. The molecule has 0 aromatic heterocycles. The van der Waals surface area contributed by atoms with Gasteiger partial charge in [0.15, 0.2) is 16.7 Å². The van der Waals surface area contributed by atoms with Crippen LogP contribution in [0.5, 0.6) is 17.2 Å². The van der Waals surface area contributed by atoms with Gasteiger partial charge in [-0.1, -0.05) is 36.0 Å². The SMILES string of the molecule is CCOc1cc(/C=C2/C(=N)N3C(SC)=NSC3=NC2=O)ccc1OCCOc1ccccc1. The molecule has 0 fully saturated rings. The fraction of sp³-hybridized carbons (Fsp3) is 0.217. The van der Waals surface area contributed by atoms with Crippen LogP contribution in [0.3, 0.4) is 0 Å². The summed E-state index contributed by atoms with van der Waals surface area (Å²) in [6.45, 7) is 3.08. The van der Waals surface area contributed by atoms with Gasteiger partial charge < -0.3 is 14.2 Å². The molecule has 4 rings (SSSR count). The molecule has 0 atom stereocenters. The van der Waals surface area contributed by atoms with Gasteiger partial charge in [0.2, 0.25) is 5.17 Å². The molecule has 2 heterocycles. The Morgan fingerprint density at radius 3 is 2.64 bits per heavy atom. The predicted octanol–water partition coefficient (Wildman–Crippen LogP) is 4.48. The van der Waals surface area contributed by atoms with E-state index in [0.29, 0.717) is 47.2 Å². The van der Waals surface area contributed by atoms with Gasteiger partial charge in [-0.2, -0.15) is 9.39 Å². The molecule has 2 aromatic rings. The van der Waals surface area contributed by atoms with Crippen molar-refractivity contribution in [3.05, 3.63) is 59.7 Å². The third-order valence-electron chi connectivity index (χ3n) is 4.61.